The molecule has 5 aliphatic rings. The molecular formula is C22H34N2O5. The van der Waals surface area contributed by atoms with Crippen LogP contribution in [0.1, 0.15) is 84.0 Å². The average Bonchev–Trinajstić information content (AvgIpc) is 2.59. The lowest BCUT2D eigenvalue weighted by Crippen LogP contribution is -2.56. The fourth-order valence-electron chi connectivity index (χ4n) is 6.89. The van der Waals surface area contributed by atoms with Gasteiger partial charge in [-0.15, -0.1) is 0 Å². The summed E-state index contributed by atoms with van der Waals surface area (Å²) in [5, 5.41) is 15.9. The first kappa shape index (κ1) is 20.6. The summed E-state index contributed by atoms with van der Waals surface area (Å²) in [5.74, 6) is -0.0156. The van der Waals surface area contributed by atoms with E-state index in [2.05, 4.69) is 10.6 Å². The molecule has 0 aromatic heterocycles. The molecule has 0 aromatic rings. The minimum atomic E-state index is -1.02. The smallest absolute Gasteiger partial charge is 0.321 e. The maximum Gasteiger partial charge on any atom is 0.321 e. The highest BCUT2D eigenvalue weighted by Crippen LogP contribution is 2.62. The van der Waals surface area contributed by atoms with E-state index in [0.717, 1.165) is 57.8 Å². The molecule has 0 unspecified atom stereocenters. The first-order valence-corrected chi connectivity index (χ1v) is 11.3. The molecule has 5 rings (SSSR count). The van der Waals surface area contributed by atoms with Gasteiger partial charge in [-0.1, -0.05) is 19.3 Å². The number of amides is 3. The summed E-state index contributed by atoms with van der Waals surface area (Å²) in [6, 6.07) is -0.413. The van der Waals surface area contributed by atoms with Gasteiger partial charge in [0.2, 0.25) is 0 Å². The second kappa shape index (κ2) is 7.89. The summed E-state index contributed by atoms with van der Waals surface area (Å²) in [7, 11) is 0. The molecule has 3 amide bonds. The van der Waals surface area contributed by atoms with Gasteiger partial charge in [0.05, 0.1) is 12.0 Å². The van der Waals surface area contributed by atoms with Gasteiger partial charge in [-0.3, -0.25) is 14.9 Å². The Morgan fingerprint density at radius 3 is 2.34 bits per heavy atom. The van der Waals surface area contributed by atoms with Crippen LogP contribution in [0.3, 0.4) is 0 Å². The number of aliphatic hydroxyl groups is 1. The predicted molar refractivity (Wildman–Crippen MR) is 106 cm³/mol. The van der Waals surface area contributed by atoms with Crippen LogP contribution in [-0.4, -0.2) is 40.8 Å². The monoisotopic (exact) mass is 406 g/mol. The molecule has 4 bridgehead atoms. The van der Waals surface area contributed by atoms with Crippen molar-refractivity contribution >= 4 is 17.9 Å². The zero-order chi connectivity index (χ0) is 20.6. The summed E-state index contributed by atoms with van der Waals surface area (Å²) in [6.45, 7) is 1.49. The molecule has 5 fully saturated rings. The summed E-state index contributed by atoms with van der Waals surface area (Å²) >= 11 is 0. The van der Waals surface area contributed by atoms with Gasteiger partial charge in [-0.2, -0.15) is 0 Å². The lowest BCUT2D eigenvalue weighted by atomic mass is 9.47. The Bertz CT molecular complexity index is 658. The number of hydrogen-bond donors (Lipinski definition) is 3. The van der Waals surface area contributed by atoms with Crippen LogP contribution in [0.4, 0.5) is 4.79 Å². The topological polar surface area (TPSA) is 105 Å². The van der Waals surface area contributed by atoms with Crippen LogP contribution >= 0.6 is 0 Å². The molecule has 5 saturated carbocycles. The van der Waals surface area contributed by atoms with Gasteiger partial charge in [0.1, 0.15) is 0 Å². The van der Waals surface area contributed by atoms with Crippen molar-refractivity contribution in [1.29, 1.82) is 0 Å². The molecule has 0 aromatic carbocycles. The van der Waals surface area contributed by atoms with Crippen LogP contribution < -0.4 is 10.6 Å². The Morgan fingerprint density at radius 2 is 1.72 bits per heavy atom. The molecule has 7 heteroatoms. The van der Waals surface area contributed by atoms with Crippen molar-refractivity contribution in [3.63, 3.8) is 0 Å². The first-order valence-electron chi connectivity index (χ1n) is 11.3. The molecule has 162 valence electrons. The van der Waals surface area contributed by atoms with Gasteiger partial charge >= 0.3 is 12.0 Å². The van der Waals surface area contributed by atoms with Crippen molar-refractivity contribution < 1.29 is 24.2 Å². The second-order valence-corrected chi connectivity index (χ2v) is 10.3. The molecule has 7 nitrogen and oxygen atoms in total. The Kier molecular flexibility index (Phi) is 5.62. The summed E-state index contributed by atoms with van der Waals surface area (Å²) in [6.07, 6.45) is 9.92. The minimum Gasteiger partial charge on any atom is -0.453 e. The van der Waals surface area contributed by atoms with Crippen LogP contribution in [0.15, 0.2) is 0 Å². The Hall–Kier alpha value is -1.63. The van der Waals surface area contributed by atoms with Crippen LogP contribution in [0.25, 0.3) is 0 Å². The molecule has 0 aliphatic heterocycles. The van der Waals surface area contributed by atoms with Crippen molar-refractivity contribution in [2.24, 2.45) is 17.3 Å². The Balaban J connectivity index is 1.25. The fourth-order valence-corrected chi connectivity index (χ4v) is 6.89. The normalized spacial score (nSPS) is 37.0. The molecule has 3 atom stereocenters. The highest BCUT2D eigenvalue weighted by Gasteiger charge is 2.57. The van der Waals surface area contributed by atoms with Gasteiger partial charge in [0.15, 0.2) is 6.10 Å². The number of nitrogens with one attached hydrogen (secondary N) is 2. The third-order valence-corrected chi connectivity index (χ3v) is 7.53. The van der Waals surface area contributed by atoms with E-state index in [0.29, 0.717) is 18.3 Å². The van der Waals surface area contributed by atoms with E-state index in [1.807, 2.05) is 0 Å². The third-order valence-electron chi connectivity index (χ3n) is 7.53. The van der Waals surface area contributed by atoms with Crippen LogP contribution in [0, 0.1) is 17.3 Å². The number of rotatable bonds is 5. The number of carbonyl (C=O) groups excluding carboxylic acids is 3. The predicted octanol–water partition coefficient (Wildman–Crippen LogP) is 2.80. The van der Waals surface area contributed by atoms with E-state index in [1.54, 1.807) is 0 Å². The van der Waals surface area contributed by atoms with Gasteiger partial charge in [-0.05, 0) is 75.5 Å². The van der Waals surface area contributed by atoms with Crippen molar-refractivity contribution in [3.8, 4) is 0 Å². The van der Waals surface area contributed by atoms with Crippen LogP contribution in [-0.2, 0) is 14.3 Å². The molecular weight excluding hydrogens is 372 g/mol. The standard InChI is InChI=1S/C22H34N2O5/c1-14(19(26)24-20(27)23-17-5-3-2-4-6-17)29-18(25)12-21-8-15-7-16(9-21)11-22(28,10-15)13-21/h14-17,28H,2-13H2,1H3,(H2,23,24,26,27)/t14-,15+,16+,21?,22?/m1/s1. The SMILES string of the molecule is C[C@@H](OC(=O)CC12C[C@@H]3C[C@H](CC(O)(C3)C1)C2)C(=O)NC(=O)NC1CCCCC1. The number of ether oxygens (including phenoxy) is 1. The quantitative estimate of drug-likeness (QED) is 0.609. The molecule has 5 aliphatic carbocycles. The van der Waals surface area contributed by atoms with Gasteiger partial charge in [-0.25, -0.2) is 4.79 Å². The third kappa shape index (κ3) is 4.76. The van der Waals surface area contributed by atoms with E-state index in [-0.39, 0.29) is 17.9 Å². The summed E-state index contributed by atoms with van der Waals surface area (Å²) in [4.78, 5) is 36.9. The Labute approximate surface area is 172 Å². The molecule has 0 saturated heterocycles. The van der Waals surface area contributed by atoms with E-state index < -0.39 is 29.6 Å². The highest BCUT2D eigenvalue weighted by molar-refractivity contribution is 5.97. The van der Waals surface area contributed by atoms with E-state index in [1.165, 1.54) is 13.3 Å². The fraction of sp³-hybridized carbons (Fsp3) is 0.864. The summed E-state index contributed by atoms with van der Waals surface area (Å²) in [5.41, 5.74) is -0.810. The molecule has 0 heterocycles. The highest BCUT2D eigenvalue weighted by atomic mass is 16.5. The second-order valence-electron chi connectivity index (χ2n) is 10.3. The van der Waals surface area contributed by atoms with Crippen molar-refractivity contribution in [1.82, 2.24) is 10.6 Å². The number of carbonyl (C=O) groups is 3. The number of imide groups is 1. The van der Waals surface area contributed by atoms with Gasteiger partial charge in [0, 0.05) is 6.04 Å². The number of esters is 1. The maximum atomic E-state index is 12.6. The number of urea groups is 1. The van der Waals surface area contributed by atoms with E-state index in [4.69, 9.17) is 4.74 Å². The Morgan fingerprint density at radius 1 is 1.07 bits per heavy atom. The lowest BCUT2D eigenvalue weighted by Gasteiger charge is -2.60. The van der Waals surface area contributed by atoms with Crippen molar-refractivity contribution in [2.45, 2.75) is 102 Å². The zero-order valence-corrected chi connectivity index (χ0v) is 17.4. The van der Waals surface area contributed by atoms with E-state index >= 15 is 0 Å². The van der Waals surface area contributed by atoms with Crippen LogP contribution in [0.2, 0.25) is 0 Å². The largest absolute Gasteiger partial charge is 0.453 e. The van der Waals surface area contributed by atoms with E-state index in [9.17, 15) is 19.5 Å². The molecule has 29 heavy (non-hydrogen) atoms. The maximum absolute atomic E-state index is 12.6. The lowest BCUT2D eigenvalue weighted by molar-refractivity contribution is -0.180. The van der Waals surface area contributed by atoms with Crippen LogP contribution in [0.5, 0.6) is 0 Å². The summed E-state index contributed by atoms with van der Waals surface area (Å²) < 4.78 is 5.36. The molecule has 0 radical (unpaired) electrons. The zero-order valence-electron chi connectivity index (χ0n) is 17.4. The average molecular weight is 407 g/mol. The van der Waals surface area contributed by atoms with Crippen molar-refractivity contribution in [3.05, 3.63) is 0 Å². The molecule has 0 spiro atoms. The molecule has 3 N–H and O–H groups in total. The first-order chi connectivity index (χ1) is 13.7. The minimum absolute atomic E-state index is 0.108. The van der Waals surface area contributed by atoms with Crippen molar-refractivity contribution in [2.75, 3.05) is 0 Å². The van der Waals surface area contributed by atoms with Gasteiger partial charge < -0.3 is 15.2 Å². The van der Waals surface area contributed by atoms with Gasteiger partial charge in [0.25, 0.3) is 5.91 Å². The number of hydrogen-bond acceptors (Lipinski definition) is 5.